The molecule has 1 aromatic rings. The summed E-state index contributed by atoms with van der Waals surface area (Å²) in [4.78, 5) is 5.70. The Labute approximate surface area is 83.2 Å². The van der Waals surface area contributed by atoms with Crippen LogP contribution in [0.5, 0.6) is 0 Å². The number of hydrogen-bond acceptors (Lipinski definition) is 3. The van der Waals surface area contributed by atoms with Gasteiger partial charge in [-0.1, -0.05) is 6.92 Å². The van der Waals surface area contributed by atoms with Gasteiger partial charge in [-0.2, -0.15) is 0 Å². The third-order valence-electron chi connectivity index (χ3n) is 1.90. The number of anilines is 1. The third kappa shape index (κ3) is 2.67. The molecule has 0 saturated carbocycles. The molecule has 4 heteroatoms. The predicted molar refractivity (Wildman–Crippen MR) is 53.8 cm³/mol. The van der Waals surface area contributed by atoms with Gasteiger partial charge >= 0.3 is 0 Å². The summed E-state index contributed by atoms with van der Waals surface area (Å²) >= 11 is 0. The van der Waals surface area contributed by atoms with Gasteiger partial charge in [0.05, 0.1) is 6.61 Å². The fourth-order valence-electron chi connectivity index (χ4n) is 1.32. The molecule has 78 valence electrons. The molecule has 0 aromatic carbocycles. The number of aromatic nitrogens is 1. The molecule has 0 radical (unpaired) electrons. The minimum atomic E-state index is -0.339. The zero-order valence-electron chi connectivity index (χ0n) is 8.28. The first-order valence-corrected chi connectivity index (χ1v) is 4.76. The topological polar surface area (TPSA) is 36.4 Å². The van der Waals surface area contributed by atoms with Crippen molar-refractivity contribution >= 4 is 5.82 Å². The van der Waals surface area contributed by atoms with E-state index in [9.17, 15) is 4.39 Å². The fraction of sp³-hybridized carbons (Fsp3) is 0.500. The number of rotatable bonds is 5. The van der Waals surface area contributed by atoms with Gasteiger partial charge in [0.25, 0.3) is 0 Å². The monoisotopic (exact) mass is 198 g/mol. The fourth-order valence-corrected chi connectivity index (χ4v) is 1.32. The number of pyridine rings is 1. The lowest BCUT2D eigenvalue weighted by molar-refractivity contribution is 0.301. The van der Waals surface area contributed by atoms with Gasteiger partial charge in [0.1, 0.15) is 0 Å². The molecule has 1 rings (SSSR count). The van der Waals surface area contributed by atoms with Crippen molar-refractivity contribution in [3.05, 3.63) is 24.1 Å². The van der Waals surface area contributed by atoms with Crippen LogP contribution in [0.15, 0.2) is 18.3 Å². The molecule has 1 heterocycles. The van der Waals surface area contributed by atoms with Crippen LogP contribution in [0.4, 0.5) is 10.2 Å². The van der Waals surface area contributed by atoms with Gasteiger partial charge in [-0.3, -0.25) is 0 Å². The second-order valence-corrected chi connectivity index (χ2v) is 3.02. The smallest absolute Gasteiger partial charge is 0.165 e. The summed E-state index contributed by atoms with van der Waals surface area (Å²) < 4.78 is 13.3. The standard InChI is InChI=1S/C10H15FN2O/c1-2-6-13(7-8-14)10-9(11)4-3-5-12-10/h3-5,14H,2,6-8H2,1H3. The highest BCUT2D eigenvalue weighted by Crippen LogP contribution is 2.14. The largest absolute Gasteiger partial charge is 0.395 e. The lowest BCUT2D eigenvalue weighted by atomic mass is 10.3. The maximum absolute atomic E-state index is 13.3. The molecule has 0 bridgehead atoms. The van der Waals surface area contributed by atoms with E-state index in [0.29, 0.717) is 18.9 Å². The summed E-state index contributed by atoms with van der Waals surface area (Å²) in [7, 11) is 0. The van der Waals surface area contributed by atoms with Crippen molar-refractivity contribution in [3.63, 3.8) is 0 Å². The van der Waals surface area contributed by atoms with Crippen LogP contribution in [0.2, 0.25) is 0 Å². The first kappa shape index (κ1) is 10.9. The second kappa shape index (κ2) is 5.54. The van der Waals surface area contributed by atoms with Crippen molar-refractivity contribution in [2.75, 3.05) is 24.6 Å². The van der Waals surface area contributed by atoms with Crippen molar-refractivity contribution in [3.8, 4) is 0 Å². The maximum Gasteiger partial charge on any atom is 0.165 e. The van der Waals surface area contributed by atoms with Crippen LogP contribution < -0.4 is 4.90 Å². The van der Waals surface area contributed by atoms with E-state index < -0.39 is 0 Å². The van der Waals surface area contributed by atoms with Crippen LogP contribution in [0.25, 0.3) is 0 Å². The van der Waals surface area contributed by atoms with Gasteiger partial charge in [0, 0.05) is 19.3 Å². The summed E-state index contributed by atoms with van der Waals surface area (Å²) in [5.74, 6) is -0.0159. The Balaban J connectivity index is 2.81. The average molecular weight is 198 g/mol. The summed E-state index contributed by atoms with van der Waals surface area (Å²) in [6.45, 7) is 3.14. The highest BCUT2D eigenvalue weighted by molar-refractivity contribution is 5.39. The Morgan fingerprint density at radius 3 is 2.86 bits per heavy atom. The van der Waals surface area contributed by atoms with E-state index in [4.69, 9.17) is 5.11 Å². The molecule has 1 aromatic heterocycles. The van der Waals surface area contributed by atoms with Crippen LogP contribution >= 0.6 is 0 Å². The van der Waals surface area contributed by atoms with Crippen molar-refractivity contribution in [1.82, 2.24) is 4.98 Å². The van der Waals surface area contributed by atoms with Gasteiger partial charge in [-0.05, 0) is 18.6 Å². The van der Waals surface area contributed by atoms with Crippen molar-refractivity contribution in [2.24, 2.45) is 0 Å². The lowest BCUT2D eigenvalue weighted by Crippen LogP contribution is -2.29. The molecule has 14 heavy (non-hydrogen) atoms. The number of hydrogen-bond donors (Lipinski definition) is 1. The molecule has 0 unspecified atom stereocenters. The molecule has 0 aliphatic carbocycles. The molecule has 0 fully saturated rings. The molecule has 0 amide bonds. The van der Waals surface area contributed by atoms with E-state index in [0.717, 1.165) is 6.42 Å². The van der Waals surface area contributed by atoms with Gasteiger partial charge in [0.15, 0.2) is 11.6 Å². The molecule has 3 nitrogen and oxygen atoms in total. The predicted octanol–water partition coefficient (Wildman–Crippen LogP) is 1.43. The number of nitrogens with zero attached hydrogens (tertiary/aromatic N) is 2. The van der Waals surface area contributed by atoms with Gasteiger partial charge in [-0.15, -0.1) is 0 Å². The lowest BCUT2D eigenvalue weighted by Gasteiger charge is -2.22. The van der Waals surface area contributed by atoms with Crippen molar-refractivity contribution in [2.45, 2.75) is 13.3 Å². The highest BCUT2D eigenvalue weighted by atomic mass is 19.1. The van der Waals surface area contributed by atoms with Crippen LogP contribution in [0, 0.1) is 5.82 Å². The van der Waals surface area contributed by atoms with Gasteiger partial charge in [0.2, 0.25) is 0 Å². The zero-order valence-corrected chi connectivity index (χ0v) is 8.28. The Hall–Kier alpha value is -1.16. The first-order valence-electron chi connectivity index (χ1n) is 4.76. The average Bonchev–Trinajstić information content (AvgIpc) is 2.18. The first-order chi connectivity index (χ1) is 6.79. The summed E-state index contributed by atoms with van der Waals surface area (Å²) in [5.41, 5.74) is 0. The molecular formula is C10H15FN2O. The second-order valence-electron chi connectivity index (χ2n) is 3.02. The molecule has 1 N–H and O–H groups in total. The van der Waals surface area contributed by atoms with Crippen LogP contribution in [-0.2, 0) is 0 Å². The van der Waals surface area contributed by atoms with E-state index in [1.165, 1.54) is 6.07 Å². The summed E-state index contributed by atoms with van der Waals surface area (Å²) in [6, 6.07) is 2.93. The van der Waals surface area contributed by atoms with Gasteiger partial charge in [-0.25, -0.2) is 9.37 Å². The van der Waals surface area contributed by atoms with Crippen LogP contribution in [-0.4, -0.2) is 29.8 Å². The molecule has 0 aliphatic heterocycles. The van der Waals surface area contributed by atoms with E-state index in [2.05, 4.69) is 4.98 Å². The highest BCUT2D eigenvalue weighted by Gasteiger charge is 2.10. The molecule has 0 spiro atoms. The molecular weight excluding hydrogens is 183 g/mol. The number of aliphatic hydroxyl groups excluding tert-OH is 1. The molecule has 0 aliphatic rings. The zero-order chi connectivity index (χ0) is 10.4. The van der Waals surface area contributed by atoms with Crippen LogP contribution in [0.1, 0.15) is 13.3 Å². The molecule has 0 atom stereocenters. The minimum absolute atomic E-state index is 0.00993. The summed E-state index contributed by atoms with van der Waals surface area (Å²) in [6.07, 6.45) is 2.45. The van der Waals surface area contributed by atoms with Crippen molar-refractivity contribution in [1.29, 1.82) is 0 Å². The maximum atomic E-state index is 13.3. The SMILES string of the molecule is CCCN(CCO)c1ncccc1F. The summed E-state index contributed by atoms with van der Waals surface area (Å²) in [5, 5.41) is 8.82. The Kier molecular flexibility index (Phi) is 4.32. The third-order valence-corrected chi connectivity index (χ3v) is 1.90. The molecule has 0 saturated heterocycles. The van der Waals surface area contributed by atoms with E-state index in [1.54, 1.807) is 17.2 Å². The number of aliphatic hydroxyl groups is 1. The van der Waals surface area contributed by atoms with Crippen molar-refractivity contribution < 1.29 is 9.50 Å². The minimum Gasteiger partial charge on any atom is -0.395 e. The van der Waals surface area contributed by atoms with E-state index >= 15 is 0 Å². The number of halogens is 1. The quantitative estimate of drug-likeness (QED) is 0.777. The Morgan fingerprint density at radius 1 is 1.50 bits per heavy atom. The Bertz CT molecular complexity index is 275. The van der Waals surface area contributed by atoms with Crippen LogP contribution in [0.3, 0.4) is 0 Å². The normalized spacial score (nSPS) is 10.2. The Morgan fingerprint density at radius 2 is 2.29 bits per heavy atom. The van der Waals surface area contributed by atoms with E-state index in [-0.39, 0.29) is 12.4 Å². The van der Waals surface area contributed by atoms with E-state index in [1.807, 2.05) is 6.92 Å². The van der Waals surface area contributed by atoms with Gasteiger partial charge < -0.3 is 10.0 Å².